The Hall–Kier alpha value is -1.82. The molecule has 0 unspecified atom stereocenters. The number of imidazole rings is 1. The fourth-order valence-corrected chi connectivity index (χ4v) is 3.28. The summed E-state index contributed by atoms with van der Waals surface area (Å²) in [6, 6.07) is 8.33. The fraction of sp³-hybridized carbons (Fsp3) is 0.400. The molecule has 1 aromatic heterocycles. The van der Waals surface area contributed by atoms with Gasteiger partial charge in [0.2, 0.25) is 0 Å². The molecular formula is C15H20N5S+. The Labute approximate surface area is 129 Å². The van der Waals surface area contributed by atoms with Crippen molar-refractivity contribution in [3.63, 3.8) is 0 Å². The highest BCUT2D eigenvalue weighted by molar-refractivity contribution is 7.99. The van der Waals surface area contributed by atoms with Gasteiger partial charge in [-0.1, -0.05) is 5.11 Å². The molecule has 0 atom stereocenters. The highest BCUT2D eigenvalue weighted by Gasteiger charge is 2.12. The molecule has 1 saturated heterocycles. The number of hydrogen-bond acceptors (Lipinski definition) is 4. The molecule has 0 radical (unpaired) electrons. The SMILES string of the molecule is Cn1cc[n+](C)c1/N=N/c1ccc(N2CCSCC2)cc1. The minimum absolute atomic E-state index is 0.826. The van der Waals surface area contributed by atoms with E-state index in [1.807, 2.05) is 59.5 Å². The maximum Gasteiger partial charge on any atom is 0.421 e. The van der Waals surface area contributed by atoms with Gasteiger partial charge in [0.15, 0.2) is 0 Å². The number of thioether (sulfide) groups is 1. The predicted octanol–water partition coefficient (Wildman–Crippen LogP) is 2.82. The second-order valence-corrected chi connectivity index (χ2v) is 6.36. The minimum atomic E-state index is 0.826. The number of anilines is 1. The Kier molecular flexibility index (Phi) is 4.24. The Morgan fingerprint density at radius 3 is 2.43 bits per heavy atom. The molecule has 21 heavy (non-hydrogen) atoms. The molecule has 3 rings (SSSR count). The number of aryl methyl sites for hydroxylation is 2. The topological polar surface area (TPSA) is 36.8 Å². The third-order valence-corrected chi connectivity index (χ3v) is 4.57. The molecule has 110 valence electrons. The van der Waals surface area contributed by atoms with Crippen molar-refractivity contribution in [1.29, 1.82) is 0 Å². The zero-order chi connectivity index (χ0) is 14.7. The average Bonchev–Trinajstić information content (AvgIpc) is 2.85. The van der Waals surface area contributed by atoms with Crippen LogP contribution in [-0.2, 0) is 14.1 Å². The number of hydrogen-bond donors (Lipinski definition) is 0. The van der Waals surface area contributed by atoms with Crippen molar-refractivity contribution >= 4 is 29.1 Å². The van der Waals surface area contributed by atoms with Gasteiger partial charge in [0, 0.05) is 35.4 Å². The van der Waals surface area contributed by atoms with Gasteiger partial charge in [-0.3, -0.25) is 0 Å². The molecule has 0 amide bonds. The van der Waals surface area contributed by atoms with E-state index >= 15 is 0 Å². The molecule has 0 bridgehead atoms. The lowest BCUT2D eigenvalue weighted by Gasteiger charge is -2.28. The van der Waals surface area contributed by atoms with Crippen molar-refractivity contribution in [2.45, 2.75) is 0 Å². The third kappa shape index (κ3) is 3.26. The normalized spacial score (nSPS) is 15.8. The molecule has 1 aliphatic heterocycles. The number of benzene rings is 1. The van der Waals surface area contributed by atoms with E-state index in [0.717, 1.165) is 24.7 Å². The Balaban J connectivity index is 1.72. The summed E-state index contributed by atoms with van der Waals surface area (Å²) in [4.78, 5) is 2.43. The van der Waals surface area contributed by atoms with Crippen LogP contribution in [0.2, 0.25) is 0 Å². The number of aromatic nitrogens is 2. The number of nitrogens with zero attached hydrogens (tertiary/aromatic N) is 5. The number of rotatable bonds is 3. The summed E-state index contributed by atoms with van der Waals surface area (Å²) in [7, 11) is 3.93. The van der Waals surface area contributed by atoms with Crippen LogP contribution in [0.4, 0.5) is 17.3 Å². The smallest absolute Gasteiger partial charge is 0.370 e. The van der Waals surface area contributed by atoms with Crippen molar-refractivity contribution in [2.24, 2.45) is 24.3 Å². The van der Waals surface area contributed by atoms with Crippen LogP contribution in [0.5, 0.6) is 0 Å². The maximum absolute atomic E-state index is 4.32. The summed E-state index contributed by atoms with van der Waals surface area (Å²) < 4.78 is 3.90. The van der Waals surface area contributed by atoms with Crippen LogP contribution in [0.15, 0.2) is 46.9 Å². The lowest BCUT2D eigenvalue weighted by molar-refractivity contribution is -0.657. The van der Waals surface area contributed by atoms with E-state index in [1.165, 1.54) is 17.2 Å². The Morgan fingerprint density at radius 2 is 1.81 bits per heavy atom. The zero-order valence-corrected chi connectivity index (χ0v) is 13.3. The summed E-state index contributed by atoms with van der Waals surface area (Å²) in [5, 5.41) is 8.63. The molecule has 1 aromatic carbocycles. The molecule has 0 spiro atoms. The van der Waals surface area contributed by atoms with Crippen molar-refractivity contribution in [1.82, 2.24) is 4.57 Å². The molecule has 5 nitrogen and oxygen atoms in total. The van der Waals surface area contributed by atoms with Gasteiger partial charge in [-0.2, -0.15) is 11.8 Å². The number of azo groups is 1. The minimum Gasteiger partial charge on any atom is -0.370 e. The largest absolute Gasteiger partial charge is 0.421 e. The van der Waals surface area contributed by atoms with Crippen LogP contribution in [0.25, 0.3) is 0 Å². The molecule has 0 N–H and O–H groups in total. The standard InChI is InChI=1S/C15H20N5S/c1-18-7-8-19(2)15(18)17-16-13-3-5-14(6-4-13)20-9-11-21-12-10-20/h3-8H,9-12H2,1-2H3/q+1. The average molecular weight is 302 g/mol. The molecule has 2 aromatic rings. The highest BCUT2D eigenvalue weighted by atomic mass is 32.2. The summed E-state index contributed by atoms with van der Waals surface area (Å²) in [5.74, 6) is 3.25. The van der Waals surface area contributed by atoms with Gasteiger partial charge in [-0.05, 0) is 24.3 Å². The first-order valence-corrected chi connectivity index (χ1v) is 8.25. The molecule has 1 aliphatic rings. The van der Waals surface area contributed by atoms with E-state index in [9.17, 15) is 0 Å². The van der Waals surface area contributed by atoms with Crippen LogP contribution >= 0.6 is 11.8 Å². The second-order valence-electron chi connectivity index (χ2n) is 5.14. The van der Waals surface area contributed by atoms with E-state index in [1.54, 1.807) is 0 Å². The second kappa shape index (κ2) is 6.30. The van der Waals surface area contributed by atoms with Crippen LogP contribution in [-0.4, -0.2) is 29.2 Å². The van der Waals surface area contributed by atoms with Gasteiger partial charge in [-0.15, -0.1) is 0 Å². The maximum atomic E-state index is 4.32. The van der Waals surface area contributed by atoms with Crippen LogP contribution in [0.1, 0.15) is 0 Å². The molecule has 6 heteroatoms. The quantitative estimate of drug-likeness (QED) is 0.646. The third-order valence-electron chi connectivity index (χ3n) is 3.63. The summed E-state index contributed by atoms with van der Waals surface area (Å²) in [5.41, 5.74) is 2.16. The van der Waals surface area contributed by atoms with Crippen molar-refractivity contribution in [2.75, 3.05) is 29.5 Å². The molecule has 2 heterocycles. The van der Waals surface area contributed by atoms with Gasteiger partial charge >= 0.3 is 5.95 Å². The molecule has 0 aliphatic carbocycles. The van der Waals surface area contributed by atoms with E-state index in [-0.39, 0.29) is 0 Å². The predicted molar refractivity (Wildman–Crippen MR) is 86.7 cm³/mol. The first-order valence-electron chi connectivity index (χ1n) is 7.09. The highest BCUT2D eigenvalue weighted by Crippen LogP contribution is 2.23. The Bertz CT molecular complexity index is 607. The first kappa shape index (κ1) is 14.1. The summed E-state index contributed by atoms with van der Waals surface area (Å²) >= 11 is 2.03. The fourth-order valence-electron chi connectivity index (χ4n) is 2.38. The van der Waals surface area contributed by atoms with Crippen LogP contribution < -0.4 is 9.47 Å². The molecule has 1 fully saturated rings. The lowest BCUT2D eigenvalue weighted by Crippen LogP contribution is -2.32. The Morgan fingerprint density at radius 1 is 1.10 bits per heavy atom. The van der Waals surface area contributed by atoms with E-state index in [2.05, 4.69) is 27.3 Å². The van der Waals surface area contributed by atoms with Gasteiger partial charge in [0.25, 0.3) is 0 Å². The monoisotopic (exact) mass is 302 g/mol. The van der Waals surface area contributed by atoms with Gasteiger partial charge in [-0.25, -0.2) is 9.13 Å². The molecular weight excluding hydrogens is 282 g/mol. The van der Waals surface area contributed by atoms with Gasteiger partial charge in [0.05, 0.1) is 26.5 Å². The zero-order valence-electron chi connectivity index (χ0n) is 12.4. The van der Waals surface area contributed by atoms with Crippen molar-refractivity contribution in [3.8, 4) is 0 Å². The van der Waals surface area contributed by atoms with Crippen molar-refractivity contribution < 1.29 is 4.57 Å². The summed E-state index contributed by atoms with van der Waals surface area (Å²) in [6.07, 6.45) is 3.93. The van der Waals surface area contributed by atoms with Crippen LogP contribution in [0.3, 0.4) is 0 Å². The summed E-state index contributed by atoms with van der Waals surface area (Å²) in [6.45, 7) is 2.26. The first-order chi connectivity index (χ1) is 10.2. The lowest BCUT2D eigenvalue weighted by atomic mass is 10.2. The van der Waals surface area contributed by atoms with Crippen LogP contribution in [0, 0.1) is 0 Å². The van der Waals surface area contributed by atoms with E-state index < -0.39 is 0 Å². The van der Waals surface area contributed by atoms with Gasteiger partial charge < -0.3 is 4.90 Å². The molecule has 0 saturated carbocycles. The van der Waals surface area contributed by atoms with Crippen molar-refractivity contribution in [3.05, 3.63) is 36.7 Å². The van der Waals surface area contributed by atoms with E-state index in [0.29, 0.717) is 0 Å². The van der Waals surface area contributed by atoms with Gasteiger partial charge in [0.1, 0.15) is 5.69 Å². The van der Waals surface area contributed by atoms with E-state index in [4.69, 9.17) is 0 Å².